The lowest BCUT2D eigenvalue weighted by Crippen LogP contribution is -2.22. The highest BCUT2D eigenvalue weighted by Crippen LogP contribution is 2.18. The van der Waals surface area contributed by atoms with Gasteiger partial charge in [-0.3, -0.25) is 13.8 Å². The number of benzene rings is 2. The SMILES string of the molecule is CCn1c(=O)c2ccccc2n2c(COc3ccc(I)cc3)nnc12. The number of nitrogens with zero attached hydrogens (tertiary/aromatic N) is 4. The first-order chi connectivity index (χ1) is 12.2. The molecule has 2 heterocycles. The highest BCUT2D eigenvalue weighted by Gasteiger charge is 2.15. The van der Waals surface area contributed by atoms with Gasteiger partial charge in [0.2, 0.25) is 5.78 Å². The zero-order valence-electron chi connectivity index (χ0n) is 13.5. The molecule has 0 aliphatic rings. The number of hydrogen-bond acceptors (Lipinski definition) is 4. The maximum absolute atomic E-state index is 12.6. The Hall–Kier alpha value is -2.42. The van der Waals surface area contributed by atoms with Crippen molar-refractivity contribution in [3.8, 4) is 5.75 Å². The quantitative estimate of drug-likeness (QED) is 0.452. The van der Waals surface area contributed by atoms with E-state index in [2.05, 4.69) is 32.8 Å². The Morgan fingerprint density at radius 1 is 1.08 bits per heavy atom. The van der Waals surface area contributed by atoms with Crippen LogP contribution in [-0.2, 0) is 13.2 Å². The van der Waals surface area contributed by atoms with Gasteiger partial charge in [0.15, 0.2) is 5.82 Å². The van der Waals surface area contributed by atoms with Crippen LogP contribution in [0.1, 0.15) is 12.7 Å². The molecule has 0 atom stereocenters. The van der Waals surface area contributed by atoms with Crippen molar-refractivity contribution >= 4 is 39.3 Å². The van der Waals surface area contributed by atoms with E-state index in [4.69, 9.17) is 4.74 Å². The summed E-state index contributed by atoms with van der Waals surface area (Å²) in [6.07, 6.45) is 0. The molecule has 0 spiro atoms. The fourth-order valence-electron chi connectivity index (χ4n) is 2.87. The molecular weight excluding hydrogens is 431 g/mol. The Bertz CT molecular complexity index is 1120. The topological polar surface area (TPSA) is 61.4 Å². The summed E-state index contributed by atoms with van der Waals surface area (Å²) in [5, 5.41) is 9.12. The van der Waals surface area contributed by atoms with E-state index in [1.165, 1.54) is 0 Å². The molecular formula is C18H15IN4O2. The number of aryl methyl sites for hydroxylation is 1. The third-order valence-electron chi connectivity index (χ3n) is 4.07. The van der Waals surface area contributed by atoms with E-state index >= 15 is 0 Å². The minimum atomic E-state index is -0.0527. The number of aromatic nitrogens is 4. The summed E-state index contributed by atoms with van der Waals surface area (Å²) in [6, 6.07) is 15.3. The van der Waals surface area contributed by atoms with E-state index in [-0.39, 0.29) is 12.2 Å². The van der Waals surface area contributed by atoms with Crippen LogP contribution >= 0.6 is 22.6 Å². The molecule has 0 aliphatic heterocycles. The lowest BCUT2D eigenvalue weighted by molar-refractivity contribution is 0.295. The van der Waals surface area contributed by atoms with Crippen LogP contribution in [0.2, 0.25) is 0 Å². The van der Waals surface area contributed by atoms with Crippen molar-refractivity contribution in [3.63, 3.8) is 0 Å². The van der Waals surface area contributed by atoms with Gasteiger partial charge in [0, 0.05) is 10.1 Å². The molecule has 4 rings (SSSR count). The molecule has 7 heteroatoms. The molecule has 0 saturated heterocycles. The van der Waals surface area contributed by atoms with Crippen molar-refractivity contribution in [2.75, 3.05) is 0 Å². The number of ether oxygens (including phenoxy) is 1. The van der Waals surface area contributed by atoms with Crippen molar-refractivity contribution in [2.45, 2.75) is 20.1 Å². The summed E-state index contributed by atoms with van der Waals surface area (Å²) in [4.78, 5) is 12.6. The smallest absolute Gasteiger partial charge is 0.262 e. The standard InChI is InChI=1S/C18H15IN4O2/c1-2-22-17(24)14-5-3-4-6-15(14)23-16(20-21-18(22)23)11-25-13-9-7-12(19)8-10-13/h3-10H,2,11H2,1H3. The Morgan fingerprint density at radius 2 is 1.84 bits per heavy atom. The first kappa shape index (κ1) is 16.1. The molecule has 4 aromatic rings. The van der Waals surface area contributed by atoms with E-state index in [1.807, 2.05) is 59.9 Å². The Kier molecular flexibility index (Phi) is 4.16. The van der Waals surface area contributed by atoms with Crippen molar-refractivity contribution in [1.29, 1.82) is 0 Å². The summed E-state index contributed by atoms with van der Waals surface area (Å²) in [6.45, 7) is 2.73. The number of rotatable bonds is 4. The first-order valence-electron chi connectivity index (χ1n) is 7.93. The second-order valence-corrected chi connectivity index (χ2v) is 6.81. The van der Waals surface area contributed by atoms with Gasteiger partial charge in [-0.25, -0.2) is 0 Å². The van der Waals surface area contributed by atoms with E-state index in [9.17, 15) is 4.79 Å². The average Bonchev–Trinajstić information content (AvgIpc) is 3.06. The molecule has 0 saturated carbocycles. The molecule has 25 heavy (non-hydrogen) atoms. The van der Waals surface area contributed by atoms with Crippen LogP contribution < -0.4 is 10.3 Å². The third kappa shape index (κ3) is 2.78. The average molecular weight is 446 g/mol. The van der Waals surface area contributed by atoms with Gasteiger partial charge in [0.25, 0.3) is 5.56 Å². The molecule has 0 aliphatic carbocycles. The highest BCUT2D eigenvalue weighted by atomic mass is 127. The van der Waals surface area contributed by atoms with E-state index in [1.54, 1.807) is 4.57 Å². The second-order valence-electron chi connectivity index (χ2n) is 5.56. The van der Waals surface area contributed by atoms with Gasteiger partial charge in [0.1, 0.15) is 12.4 Å². The first-order valence-corrected chi connectivity index (χ1v) is 9.01. The molecule has 6 nitrogen and oxygen atoms in total. The van der Waals surface area contributed by atoms with E-state index in [0.29, 0.717) is 23.5 Å². The zero-order chi connectivity index (χ0) is 17.4. The van der Waals surface area contributed by atoms with Gasteiger partial charge in [-0.1, -0.05) is 12.1 Å². The van der Waals surface area contributed by atoms with Gasteiger partial charge in [-0.05, 0) is 65.9 Å². The van der Waals surface area contributed by atoms with E-state index < -0.39 is 0 Å². The van der Waals surface area contributed by atoms with Crippen LogP contribution in [0.25, 0.3) is 16.7 Å². The normalized spacial score (nSPS) is 11.3. The predicted molar refractivity (Wildman–Crippen MR) is 104 cm³/mol. The van der Waals surface area contributed by atoms with Crippen molar-refractivity contribution in [1.82, 2.24) is 19.2 Å². The Balaban J connectivity index is 1.84. The molecule has 0 radical (unpaired) electrons. The minimum absolute atomic E-state index is 0.0527. The Morgan fingerprint density at radius 3 is 2.60 bits per heavy atom. The van der Waals surface area contributed by atoms with Crippen molar-refractivity contribution in [3.05, 3.63) is 68.3 Å². The highest BCUT2D eigenvalue weighted by molar-refractivity contribution is 14.1. The molecule has 0 amide bonds. The minimum Gasteiger partial charge on any atom is -0.486 e. The zero-order valence-corrected chi connectivity index (χ0v) is 15.7. The summed E-state index contributed by atoms with van der Waals surface area (Å²) in [5.74, 6) is 1.96. The second kappa shape index (κ2) is 6.47. The molecule has 2 aromatic heterocycles. The number of halogens is 1. The molecule has 2 aromatic carbocycles. The fourth-order valence-corrected chi connectivity index (χ4v) is 3.23. The number of hydrogen-bond donors (Lipinski definition) is 0. The van der Waals surface area contributed by atoms with Crippen molar-refractivity contribution in [2.24, 2.45) is 0 Å². The van der Waals surface area contributed by atoms with Crippen LogP contribution in [0.15, 0.2) is 53.3 Å². The van der Waals surface area contributed by atoms with Gasteiger partial charge >= 0.3 is 0 Å². The van der Waals surface area contributed by atoms with Gasteiger partial charge in [-0.15, -0.1) is 10.2 Å². The van der Waals surface area contributed by atoms with Crippen LogP contribution in [0.3, 0.4) is 0 Å². The maximum Gasteiger partial charge on any atom is 0.262 e. The lowest BCUT2D eigenvalue weighted by atomic mass is 10.2. The van der Waals surface area contributed by atoms with Crippen LogP contribution in [0, 0.1) is 3.57 Å². The monoisotopic (exact) mass is 446 g/mol. The summed E-state index contributed by atoms with van der Waals surface area (Å²) < 4.78 is 10.5. The van der Waals surface area contributed by atoms with E-state index in [0.717, 1.165) is 14.8 Å². The molecule has 126 valence electrons. The fraction of sp³-hybridized carbons (Fsp3) is 0.167. The van der Waals surface area contributed by atoms with Gasteiger partial charge in [0.05, 0.1) is 10.9 Å². The predicted octanol–water partition coefficient (Wildman–Crippen LogP) is 3.25. The molecule has 0 fully saturated rings. The van der Waals surface area contributed by atoms with Crippen LogP contribution in [-0.4, -0.2) is 19.2 Å². The van der Waals surface area contributed by atoms with Crippen LogP contribution in [0.5, 0.6) is 5.75 Å². The third-order valence-corrected chi connectivity index (χ3v) is 4.79. The maximum atomic E-state index is 12.6. The molecule has 0 N–H and O–H groups in total. The number of para-hydroxylation sites is 1. The summed E-state index contributed by atoms with van der Waals surface area (Å²) in [5.41, 5.74) is 0.738. The number of fused-ring (bicyclic) bond motifs is 3. The van der Waals surface area contributed by atoms with Crippen LogP contribution in [0.4, 0.5) is 0 Å². The summed E-state index contributed by atoms with van der Waals surface area (Å²) >= 11 is 2.25. The summed E-state index contributed by atoms with van der Waals surface area (Å²) in [7, 11) is 0. The molecule has 0 unspecified atom stereocenters. The largest absolute Gasteiger partial charge is 0.486 e. The van der Waals surface area contributed by atoms with Crippen molar-refractivity contribution < 1.29 is 4.74 Å². The van der Waals surface area contributed by atoms with Gasteiger partial charge in [-0.2, -0.15) is 0 Å². The lowest BCUT2D eigenvalue weighted by Gasteiger charge is -2.10. The molecule has 0 bridgehead atoms. The Labute approximate surface area is 157 Å². The van der Waals surface area contributed by atoms with Gasteiger partial charge < -0.3 is 4.74 Å².